The molecule has 4 nitrogen and oxygen atoms in total. The molecule has 0 bridgehead atoms. The van der Waals surface area contributed by atoms with Crippen molar-refractivity contribution >= 4 is 5.97 Å². The summed E-state index contributed by atoms with van der Waals surface area (Å²) in [5, 5.41) is 9.65. The molecule has 1 N–H and O–H groups in total. The molecule has 0 heterocycles. The van der Waals surface area contributed by atoms with Crippen molar-refractivity contribution in [1.82, 2.24) is 0 Å². The molecule has 13 heavy (non-hydrogen) atoms. The zero-order chi connectivity index (χ0) is 9.90. The van der Waals surface area contributed by atoms with Gasteiger partial charge in [0.1, 0.15) is 5.60 Å². The Morgan fingerprint density at radius 1 is 1.62 bits per heavy atom. The molecule has 1 rings (SSSR count). The Morgan fingerprint density at radius 3 is 2.69 bits per heavy atom. The van der Waals surface area contributed by atoms with Crippen LogP contribution in [0.25, 0.3) is 0 Å². The van der Waals surface area contributed by atoms with E-state index in [1.165, 1.54) is 14.2 Å². The average Bonchev–Trinajstić information content (AvgIpc) is 2.48. The number of aliphatic hydroxyl groups excluding tert-OH is 1. The van der Waals surface area contributed by atoms with Crippen molar-refractivity contribution < 1.29 is 19.4 Å². The number of carbonyl (C=O) groups is 1. The minimum Gasteiger partial charge on any atom is -0.469 e. The topological polar surface area (TPSA) is 55.8 Å². The van der Waals surface area contributed by atoms with Gasteiger partial charge in [0.2, 0.25) is 0 Å². The first-order chi connectivity index (χ1) is 6.14. The van der Waals surface area contributed by atoms with E-state index in [9.17, 15) is 9.90 Å². The van der Waals surface area contributed by atoms with Gasteiger partial charge in [-0.3, -0.25) is 4.79 Å². The first-order valence-corrected chi connectivity index (χ1v) is 4.44. The number of aliphatic hydroxyl groups is 1. The molecular formula is C9H16O4. The number of esters is 1. The van der Waals surface area contributed by atoms with Crippen molar-refractivity contribution in [3.63, 3.8) is 0 Å². The lowest BCUT2D eigenvalue weighted by atomic mass is 9.95. The van der Waals surface area contributed by atoms with E-state index < -0.39 is 11.7 Å². The molecule has 4 heteroatoms. The highest BCUT2D eigenvalue weighted by molar-refractivity contribution is 5.70. The molecule has 1 aliphatic rings. The normalized spacial score (nSPS) is 33.3. The van der Waals surface area contributed by atoms with Crippen LogP contribution in [0.1, 0.15) is 25.7 Å². The molecule has 0 aromatic heterocycles. The number of hydrogen-bond donors (Lipinski definition) is 1. The average molecular weight is 188 g/mol. The summed E-state index contributed by atoms with van der Waals surface area (Å²) in [4.78, 5) is 11.1. The summed E-state index contributed by atoms with van der Waals surface area (Å²) >= 11 is 0. The second kappa shape index (κ2) is 4.07. The fraction of sp³-hybridized carbons (Fsp3) is 0.889. The fourth-order valence-corrected chi connectivity index (χ4v) is 1.86. The molecule has 0 amide bonds. The minimum atomic E-state index is -0.701. The SMILES string of the molecule is COC(=O)C[C@@]1(OC)CCC[C@@H]1O. The number of ether oxygens (including phenoxy) is 2. The lowest BCUT2D eigenvalue weighted by molar-refractivity contribution is -0.153. The Morgan fingerprint density at radius 2 is 2.31 bits per heavy atom. The molecule has 1 aliphatic carbocycles. The van der Waals surface area contributed by atoms with Gasteiger partial charge in [-0.2, -0.15) is 0 Å². The molecule has 0 aromatic carbocycles. The maximum atomic E-state index is 11.1. The zero-order valence-corrected chi connectivity index (χ0v) is 8.08. The maximum Gasteiger partial charge on any atom is 0.308 e. The lowest BCUT2D eigenvalue weighted by Gasteiger charge is -2.29. The van der Waals surface area contributed by atoms with Crippen molar-refractivity contribution in [3.05, 3.63) is 0 Å². The predicted molar refractivity (Wildman–Crippen MR) is 46.2 cm³/mol. The van der Waals surface area contributed by atoms with E-state index in [1.54, 1.807) is 0 Å². The van der Waals surface area contributed by atoms with E-state index in [0.717, 1.165) is 12.8 Å². The van der Waals surface area contributed by atoms with E-state index in [0.29, 0.717) is 6.42 Å². The minimum absolute atomic E-state index is 0.140. The van der Waals surface area contributed by atoms with Crippen LogP contribution in [0, 0.1) is 0 Å². The Balaban J connectivity index is 2.64. The molecule has 0 aliphatic heterocycles. The van der Waals surface area contributed by atoms with Crippen LogP contribution in [0.2, 0.25) is 0 Å². The summed E-state index contributed by atoms with van der Waals surface area (Å²) in [5.41, 5.74) is -0.701. The van der Waals surface area contributed by atoms with Crippen LogP contribution in [0.3, 0.4) is 0 Å². The standard InChI is InChI=1S/C9H16O4/c1-12-8(11)6-9(13-2)5-3-4-7(9)10/h7,10H,3-6H2,1-2H3/t7-,9-/m0/s1. The van der Waals surface area contributed by atoms with Gasteiger partial charge in [-0.25, -0.2) is 0 Å². The van der Waals surface area contributed by atoms with Crippen LogP contribution in [-0.4, -0.2) is 37.0 Å². The number of hydrogen-bond acceptors (Lipinski definition) is 4. The Bertz CT molecular complexity index is 192. The van der Waals surface area contributed by atoms with Gasteiger partial charge >= 0.3 is 5.97 Å². The van der Waals surface area contributed by atoms with Gasteiger partial charge in [0, 0.05) is 7.11 Å². The Labute approximate surface area is 77.8 Å². The largest absolute Gasteiger partial charge is 0.469 e. The van der Waals surface area contributed by atoms with Crippen LogP contribution in [0.4, 0.5) is 0 Å². The zero-order valence-electron chi connectivity index (χ0n) is 8.08. The third-order valence-electron chi connectivity index (χ3n) is 2.76. The highest BCUT2D eigenvalue weighted by Crippen LogP contribution is 2.36. The predicted octanol–water partition coefficient (Wildman–Crippen LogP) is 0.480. The van der Waals surface area contributed by atoms with Crippen molar-refractivity contribution in [2.45, 2.75) is 37.4 Å². The highest BCUT2D eigenvalue weighted by Gasteiger charge is 2.44. The molecule has 1 saturated carbocycles. The Kier molecular flexibility index (Phi) is 3.27. The fourth-order valence-electron chi connectivity index (χ4n) is 1.86. The van der Waals surface area contributed by atoms with Gasteiger partial charge < -0.3 is 14.6 Å². The van der Waals surface area contributed by atoms with Crippen LogP contribution in [0.5, 0.6) is 0 Å². The quantitative estimate of drug-likeness (QED) is 0.654. The van der Waals surface area contributed by atoms with Crippen molar-refractivity contribution in [1.29, 1.82) is 0 Å². The van der Waals surface area contributed by atoms with Crippen molar-refractivity contribution in [2.75, 3.05) is 14.2 Å². The summed E-state index contributed by atoms with van der Waals surface area (Å²) in [7, 11) is 2.87. The molecule has 2 atom stereocenters. The summed E-state index contributed by atoms with van der Waals surface area (Å²) in [6, 6.07) is 0. The first kappa shape index (κ1) is 10.5. The van der Waals surface area contributed by atoms with Crippen LogP contribution in [-0.2, 0) is 14.3 Å². The molecule has 1 fully saturated rings. The molecule has 76 valence electrons. The molecule has 0 saturated heterocycles. The molecule has 0 aromatic rings. The number of rotatable bonds is 3. The number of carbonyl (C=O) groups excluding carboxylic acids is 1. The van der Waals surface area contributed by atoms with Gasteiger partial charge in [0.25, 0.3) is 0 Å². The summed E-state index contributed by atoms with van der Waals surface area (Å²) < 4.78 is 9.79. The molecule has 0 spiro atoms. The third kappa shape index (κ3) is 2.00. The highest BCUT2D eigenvalue weighted by atomic mass is 16.5. The lowest BCUT2D eigenvalue weighted by Crippen LogP contribution is -2.41. The summed E-state index contributed by atoms with van der Waals surface area (Å²) in [5.74, 6) is -0.331. The van der Waals surface area contributed by atoms with Crippen LogP contribution >= 0.6 is 0 Å². The van der Waals surface area contributed by atoms with Crippen molar-refractivity contribution in [2.24, 2.45) is 0 Å². The van der Waals surface area contributed by atoms with Crippen LogP contribution < -0.4 is 0 Å². The van der Waals surface area contributed by atoms with Gasteiger partial charge in [0.15, 0.2) is 0 Å². The first-order valence-electron chi connectivity index (χ1n) is 4.44. The van der Waals surface area contributed by atoms with E-state index >= 15 is 0 Å². The van der Waals surface area contributed by atoms with Gasteiger partial charge in [-0.1, -0.05) is 0 Å². The van der Waals surface area contributed by atoms with Gasteiger partial charge in [-0.05, 0) is 19.3 Å². The van der Waals surface area contributed by atoms with Crippen molar-refractivity contribution in [3.8, 4) is 0 Å². The van der Waals surface area contributed by atoms with Gasteiger partial charge in [0.05, 0.1) is 19.6 Å². The smallest absolute Gasteiger partial charge is 0.308 e. The maximum absolute atomic E-state index is 11.1. The second-order valence-electron chi connectivity index (χ2n) is 3.43. The van der Waals surface area contributed by atoms with E-state index in [4.69, 9.17) is 4.74 Å². The Hall–Kier alpha value is -0.610. The number of methoxy groups -OCH3 is 2. The summed E-state index contributed by atoms with van der Waals surface area (Å²) in [6.45, 7) is 0. The molecule has 0 radical (unpaired) electrons. The van der Waals surface area contributed by atoms with E-state index in [-0.39, 0.29) is 12.4 Å². The molecular weight excluding hydrogens is 172 g/mol. The van der Waals surface area contributed by atoms with Gasteiger partial charge in [-0.15, -0.1) is 0 Å². The second-order valence-corrected chi connectivity index (χ2v) is 3.43. The van der Waals surface area contributed by atoms with Crippen LogP contribution in [0.15, 0.2) is 0 Å². The monoisotopic (exact) mass is 188 g/mol. The third-order valence-corrected chi connectivity index (χ3v) is 2.76. The van der Waals surface area contributed by atoms with E-state index in [1.807, 2.05) is 0 Å². The molecule has 0 unspecified atom stereocenters. The van der Waals surface area contributed by atoms with E-state index in [2.05, 4.69) is 4.74 Å². The summed E-state index contributed by atoms with van der Waals surface area (Å²) in [6.07, 6.45) is 1.91.